The fourth-order valence-corrected chi connectivity index (χ4v) is 4.76. The Hall–Kier alpha value is -2.00. The lowest BCUT2D eigenvalue weighted by atomic mass is 10.1. The number of halogens is 3. The average molecular weight is 496 g/mol. The minimum Gasteiger partial charge on any atom is -0.360 e. The zero-order chi connectivity index (χ0) is 19.0. The Bertz CT molecular complexity index is 990. The SMILES string of the molecule is O=C1c2ccc(F)cc2NC(c2ccc(CI)s2)N1Cc1ccc(F)cc1. The van der Waals surface area contributed by atoms with E-state index in [1.807, 2.05) is 12.1 Å². The Balaban J connectivity index is 1.74. The molecule has 3 nitrogen and oxygen atoms in total. The summed E-state index contributed by atoms with van der Waals surface area (Å²) in [6, 6.07) is 14.3. The van der Waals surface area contributed by atoms with E-state index in [-0.39, 0.29) is 17.5 Å². The van der Waals surface area contributed by atoms with Crippen LogP contribution < -0.4 is 5.32 Å². The summed E-state index contributed by atoms with van der Waals surface area (Å²) in [7, 11) is 0. The maximum atomic E-state index is 13.7. The van der Waals surface area contributed by atoms with Crippen molar-refractivity contribution in [3.8, 4) is 0 Å². The van der Waals surface area contributed by atoms with Gasteiger partial charge in [-0.25, -0.2) is 8.78 Å². The second-order valence-electron chi connectivity index (χ2n) is 6.23. The highest BCUT2D eigenvalue weighted by Crippen LogP contribution is 2.37. The largest absolute Gasteiger partial charge is 0.360 e. The molecule has 0 bridgehead atoms. The van der Waals surface area contributed by atoms with Crippen LogP contribution in [-0.2, 0) is 11.0 Å². The highest BCUT2D eigenvalue weighted by molar-refractivity contribution is 14.1. The average Bonchev–Trinajstić information content (AvgIpc) is 3.14. The van der Waals surface area contributed by atoms with E-state index < -0.39 is 6.17 Å². The number of thiophene rings is 1. The molecule has 1 aliphatic heterocycles. The van der Waals surface area contributed by atoms with Gasteiger partial charge in [-0.15, -0.1) is 11.3 Å². The molecule has 1 unspecified atom stereocenters. The second kappa shape index (κ2) is 7.55. The maximum absolute atomic E-state index is 13.7. The Morgan fingerprint density at radius 3 is 2.48 bits per heavy atom. The fourth-order valence-electron chi connectivity index (χ4n) is 3.11. The van der Waals surface area contributed by atoms with Crippen molar-refractivity contribution in [1.29, 1.82) is 0 Å². The molecule has 2 aromatic carbocycles. The summed E-state index contributed by atoms with van der Waals surface area (Å²) in [5, 5.41) is 3.30. The van der Waals surface area contributed by atoms with Gasteiger partial charge in [-0.05, 0) is 48.0 Å². The lowest BCUT2D eigenvalue weighted by Crippen LogP contribution is -2.42. The van der Waals surface area contributed by atoms with Crippen molar-refractivity contribution >= 4 is 45.5 Å². The third kappa shape index (κ3) is 3.70. The fraction of sp³-hybridized carbons (Fsp3) is 0.150. The molecule has 0 radical (unpaired) electrons. The van der Waals surface area contributed by atoms with Crippen molar-refractivity contribution < 1.29 is 13.6 Å². The summed E-state index contributed by atoms with van der Waals surface area (Å²) in [5.74, 6) is -0.884. The number of nitrogens with zero attached hydrogens (tertiary/aromatic N) is 1. The summed E-state index contributed by atoms with van der Waals surface area (Å²) in [6.45, 7) is 0.324. The molecule has 2 heterocycles. The molecule has 1 aromatic heterocycles. The van der Waals surface area contributed by atoms with Gasteiger partial charge in [0, 0.05) is 20.7 Å². The van der Waals surface area contributed by atoms with E-state index in [0.29, 0.717) is 17.8 Å². The molecular formula is C20H15F2IN2OS. The molecule has 1 N–H and O–H groups in total. The number of nitrogens with one attached hydrogen (secondary N) is 1. The summed E-state index contributed by atoms with van der Waals surface area (Å²) in [4.78, 5) is 17.0. The molecule has 3 aromatic rings. The van der Waals surface area contributed by atoms with Gasteiger partial charge in [0.05, 0.1) is 11.3 Å². The highest BCUT2D eigenvalue weighted by Gasteiger charge is 2.34. The molecule has 0 saturated heterocycles. The number of hydrogen-bond donors (Lipinski definition) is 1. The first kappa shape index (κ1) is 18.4. The minimum atomic E-state index is -0.404. The van der Waals surface area contributed by atoms with Gasteiger partial charge in [-0.3, -0.25) is 4.79 Å². The first-order valence-electron chi connectivity index (χ1n) is 8.31. The number of carbonyl (C=O) groups excluding carboxylic acids is 1. The molecule has 27 heavy (non-hydrogen) atoms. The monoisotopic (exact) mass is 496 g/mol. The zero-order valence-electron chi connectivity index (χ0n) is 14.1. The standard InChI is InChI=1S/C20H15F2IN2OS/c21-13-3-1-12(2-4-13)11-25-19(18-8-6-15(10-23)27-18)24-17-9-14(22)5-7-16(17)20(25)26/h1-9,19,24H,10-11H2. The third-order valence-corrected chi connectivity index (χ3v) is 6.90. The molecule has 0 saturated carbocycles. The molecular weight excluding hydrogens is 481 g/mol. The summed E-state index contributed by atoms with van der Waals surface area (Å²) in [6.07, 6.45) is -0.404. The van der Waals surface area contributed by atoms with E-state index in [4.69, 9.17) is 0 Å². The maximum Gasteiger partial charge on any atom is 0.258 e. The van der Waals surface area contributed by atoms with Gasteiger partial charge in [0.1, 0.15) is 17.8 Å². The highest BCUT2D eigenvalue weighted by atomic mass is 127. The lowest BCUT2D eigenvalue weighted by Gasteiger charge is -2.37. The van der Waals surface area contributed by atoms with E-state index in [2.05, 4.69) is 27.9 Å². The van der Waals surface area contributed by atoms with Gasteiger partial charge >= 0.3 is 0 Å². The number of benzene rings is 2. The summed E-state index contributed by atoms with van der Waals surface area (Å²) >= 11 is 3.92. The first-order chi connectivity index (χ1) is 13.0. The molecule has 0 spiro atoms. The van der Waals surface area contributed by atoms with E-state index in [9.17, 15) is 13.6 Å². The van der Waals surface area contributed by atoms with Crippen molar-refractivity contribution in [2.75, 3.05) is 5.32 Å². The second-order valence-corrected chi connectivity index (χ2v) is 8.20. The van der Waals surface area contributed by atoms with E-state index >= 15 is 0 Å². The van der Waals surface area contributed by atoms with Crippen molar-refractivity contribution in [3.63, 3.8) is 0 Å². The van der Waals surface area contributed by atoms with E-state index in [1.165, 1.54) is 35.2 Å². The number of fused-ring (bicyclic) bond motifs is 1. The van der Waals surface area contributed by atoms with Crippen molar-refractivity contribution in [1.82, 2.24) is 4.90 Å². The van der Waals surface area contributed by atoms with Crippen LogP contribution in [-0.4, -0.2) is 10.8 Å². The Morgan fingerprint density at radius 2 is 1.78 bits per heavy atom. The van der Waals surface area contributed by atoms with Gasteiger partial charge in [0.25, 0.3) is 5.91 Å². The van der Waals surface area contributed by atoms with Crippen LogP contribution >= 0.6 is 33.9 Å². The number of hydrogen-bond acceptors (Lipinski definition) is 3. The van der Waals surface area contributed by atoms with E-state index in [1.54, 1.807) is 28.4 Å². The van der Waals surface area contributed by atoms with Crippen LogP contribution in [0.4, 0.5) is 14.5 Å². The van der Waals surface area contributed by atoms with Gasteiger partial charge in [0.2, 0.25) is 0 Å². The van der Waals surface area contributed by atoms with Crippen LogP contribution in [0.25, 0.3) is 0 Å². The Labute approximate surface area is 173 Å². The molecule has 0 fully saturated rings. The van der Waals surface area contributed by atoms with Crippen molar-refractivity contribution in [3.05, 3.63) is 87.1 Å². The molecule has 4 rings (SSSR count). The van der Waals surface area contributed by atoms with Gasteiger partial charge < -0.3 is 10.2 Å². The predicted molar refractivity (Wildman–Crippen MR) is 111 cm³/mol. The lowest BCUT2D eigenvalue weighted by molar-refractivity contribution is 0.0669. The van der Waals surface area contributed by atoms with Gasteiger partial charge in [-0.2, -0.15) is 0 Å². The Morgan fingerprint density at radius 1 is 1.04 bits per heavy atom. The van der Waals surface area contributed by atoms with Gasteiger partial charge in [0.15, 0.2) is 0 Å². The smallest absolute Gasteiger partial charge is 0.258 e. The minimum absolute atomic E-state index is 0.178. The van der Waals surface area contributed by atoms with Crippen molar-refractivity contribution in [2.45, 2.75) is 17.1 Å². The molecule has 138 valence electrons. The van der Waals surface area contributed by atoms with Crippen molar-refractivity contribution in [2.24, 2.45) is 0 Å². The zero-order valence-corrected chi connectivity index (χ0v) is 17.1. The molecule has 7 heteroatoms. The number of carbonyl (C=O) groups is 1. The van der Waals surface area contributed by atoms with E-state index in [0.717, 1.165) is 14.9 Å². The first-order valence-corrected chi connectivity index (χ1v) is 10.7. The van der Waals surface area contributed by atoms with Crippen LogP contribution in [0.3, 0.4) is 0 Å². The third-order valence-electron chi connectivity index (χ3n) is 4.43. The quantitative estimate of drug-likeness (QED) is 0.370. The number of rotatable bonds is 4. The van der Waals surface area contributed by atoms with Crippen LogP contribution in [0.5, 0.6) is 0 Å². The molecule has 1 atom stereocenters. The number of alkyl halides is 1. The summed E-state index contributed by atoms with van der Waals surface area (Å²) in [5.41, 5.74) is 1.75. The van der Waals surface area contributed by atoms with Crippen LogP contribution in [0.15, 0.2) is 54.6 Å². The van der Waals surface area contributed by atoms with Crippen LogP contribution in [0.1, 0.15) is 31.8 Å². The normalized spacial score (nSPS) is 16.2. The predicted octanol–water partition coefficient (Wildman–Crippen LogP) is 5.73. The van der Waals surface area contributed by atoms with Crippen LogP contribution in [0, 0.1) is 11.6 Å². The molecule has 1 amide bonds. The van der Waals surface area contributed by atoms with Crippen LogP contribution in [0.2, 0.25) is 0 Å². The molecule has 0 aliphatic carbocycles. The number of amides is 1. The Kier molecular flexibility index (Phi) is 5.14. The topological polar surface area (TPSA) is 32.3 Å². The van der Waals surface area contributed by atoms with Gasteiger partial charge in [-0.1, -0.05) is 34.7 Å². The molecule has 1 aliphatic rings. The number of anilines is 1. The summed E-state index contributed by atoms with van der Waals surface area (Å²) < 4.78 is 27.8.